The van der Waals surface area contributed by atoms with Crippen LogP contribution < -0.4 is 0 Å². The summed E-state index contributed by atoms with van der Waals surface area (Å²) in [5.74, 6) is 0.195. The van der Waals surface area contributed by atoms with Crippen LogP contribution in [0.2, 0.25) is 0 Å². The van der Waals surface area contributed by atoms with Crippen molar-refractivity contribution in [3.05, 3.63) is 41.6 Å². The molecule has 2 aliphatic rings. The number of hydrogen-bond donors (Lipinski definition) is 1. The van der Waals surface area contributed by atoms with E-state index in [1.165, 1.54) is 27.6 Å². The molecule has 2 heterocycles. The van der Waals surface area contributed by atoms with Gasteiger partial charge in [0.05, 0.1) is 0 Å². The first-order valence-corrected chi connectivity index (χ1v) is 9.12. The molecule has 1 aliphatic carbocycles. The fourth-order valence-corrected chi connectivity index (χ4v) is 4.49. The van der Waals surface area contributed by atoms with Crippen LogP contribution in [0.25, 0.3) is 16.5 Å². The molecule has 4 rings (SSSR count). The number of aliphatic hydroxyl groups excluding tert-OH is 1. The normalized spacial score (nSPS) is 24.1. The van der Waals surface area contributed by atoms with Gasteiger partial charge in [0.1, 0.15) is 5.78 Å². The van der Waals surface area contributed by atoms with E-state index in [1.54, 1.807) is 0 Å². The van der Waals surface area contributed by atoms with Gasteiger partial charge in [-0.3, -0.25) is 9.69 Å². The molecule has 0 fully saturated rings. The molecule has 25 heavy (non-hydrogen) atoms. The van der Waals surface area contributed by atoms with Crippen LogP contribution in [0.1, 0.15) is 24.5 Å². The smallest absolute Gasteiger partial charge is 0.141 e. The van der Waals surface area contributed by atoms with E-state index in [0.717, 1.165) is 13.0 Å². The molecule has 3 atom stereocenters. The molecule has 4 heteroatoms. The van der Waals surface area contributed by atoms with Gasteiger partial charge in [-0.05, 0) is 42.2 Å². The summed E-state index contributed by atoms with van der Waals surface area (Å²) in [7, 11) is 4.23. The Labute approximate surface area is 148 Å². The minimum absolute atomic E-state index is 0.0319. The Morgan fingerprint density at radius 2 is 2.16 bits per heavy atom. The lowest BCUT2D eigenvalue weighted by molar-refractivity contribution is -0.123. The minimum atomic E-state index is -0.0780. The van der Waals surface area contributed by atoms with E-state index in [9.17, 15) is 9.90 Å². The largest absolute Gasteiger partial charge is 0.396 e. The average Bonchev–Trinajstić information content (AvgIpc) is 2.93. The van der Waals surface area contributed by atoms with Crippen molar-refractivity contribution in [1.29, 1.82) is 0 Å². The van der Waals surface area contributed by atoms with Gasteiger partial charge in [-0.15, -0.1) is 0 Å². The summed E-state index contributed by atoms with van der Waals surface area (Å²) in [5, 5.41) is 10.6. The summed E-state index contributed by atoms with van der Waals surface area (Å²) < 4.78 is 2.21. The molecule has 1 aliphatic heterocycles. The monoisotopic (exact) mass is 338 g/mol. The van der Waals surface area contributed by atoms with Crippen molar-refractivity contribution >= 4 is 22.3 Å². The minimum Gasteiger partial charge on any atom is -0.396 e. The Morgan fingerprint density at radius 3 is 2.92 bits per heavy atom. The zero-order valence-electron chi connectivity index (χ0n) is 15.2. The number of nitrogens with zero attached hydrogens (tertiary/aromatic N) is 2. The molecule has 0 saturated carbocycles. The van der Waals surface area contributed by atoms with E-state index in [1.807, 2.05) is 6.92 Å². The van der Waals surface area contributed by atoms with Gasteiger partial charge in [-0.25, -0.2) is 0 Å². The molecule has 4 nitrogen and oxygen atoms in total. The standard InChI is InChI=1S/C21H26N2O2/c1-13(12-24)7-20(25)14-8-17-16-5-4-6-18-21(16)15(11-22(18)2)9-19(17)23(3)10-14/h4-6,8,11,13-14,19,24H,7,9-10,12H2,1-3H3. The predicted octanol–water partition coefficient (Wildman–Crippen LogP) is 2.64. The van der Waals surface area contributed by atoms with Crippen molar-refractivity contribution in [3.63, 3.8) is 0 Å². The Balaban J connectivity index is 1.77. The number of benzene rings is 1. The van der Waals surface area contributed by atoms with Crippen LogP contribution in [-0.4, -0.2) is 46.6 Å². The van der Waals surface area contributed by atoms with Crippen LogP contribution in [0.15, 0.2) is 30.5 Å². The highest BCUT2D eigenvalue weighted by molar-refractivity contribution is 5.99. The lowest BCUT2D eigenvalue weighted by Crippen LogP contribution is -2.44. The van der Waals surface area contributed by atoms with Gasteiger partial charge in [0.25, 0.3) is 0 Å². The maximum Gasteiger partial charge on any atom is 0.141 e. The highest BCUT2D eigenvalue weighted by Crippen LogP contribution is 2.41. The summed E-state index contributed by atoms with van der Waals surface area (Å²) in [6.07, 6.45) is 5.91. The van der Waals surface area contributed by atoms with Gasteiger partial charge in [0, 0.05) is 55.7 Å². The number of aromatic nitrogens is 1. The summed E-state index contributed by atoms with van der Waals surface area (Å²) >= 11 is 0. The predicted molar refractivity (Wildman–Crippen MR) is 100 cm³/mol. The SMILES string of the molecule is CC(CO)CC(=O)C1C=C2c3cccc4c3c(cn4C)CC2N(C)C1. The molecular formula is C21H26N2O2. The van der Waals surface area contributed by atoms with Crippen molar-refractivity contribution in [2.45, 2.75) is 25.8 Å². The third kappa shape index (κ3) is 2.64. The van der Waals surface area contributed by atoms with Gasteiger partial charge in [-0.2, -0.15) is 0 Å². The number of aliphatic hydroxyl groups is 1. The molecular weight excluding hydrogens is 312 g/mol. The summed E-state index contributed by atoms with van der Waals surface area (Å²) in [5.41, 5.74) is 5.24. The van der Waals surface area contributed by atoms with Crippen molar-refractivity contribution in [2.24, 2.45) is 18.9 Å². The van der Waals surface area contributed by atoms with Gasteiger partial charge in [-0.1, -0.05) is 25.1 Å². The molecule has 0 amide bonds. The second-order valence-corrected chi connectivity index (χ2v) is 7.81. The third-order valence-electron chi connectivity index (χ3n) is 5.85. The highest BCUT2D eigenvalue weighted by atomic mass is 16.3. The topological polar surface area (TPSA) is 45.5 Å². The van der Waals surface area contributed by atoms with E-state index in [-0.39, 0.29) is 24.2 Å². The number of carbonyl (C=O) groups is 1. The number of aryl methyl sites for hydroxylation is 1. The first kappa shape index (κ1) is 16.6. The number of ketones is 1. The van der Waals surface area contributed by atoms with Gasteiger partial charge in [0.2, 0.25) is 0 Å². The van der Waals surface area contributed by atoms with E-state index < -0.39 is 0 Å². The zero-order valence-corrected chi connectivity index (χ0v) is 15.2. The number of fused-ring (bicyclic) bond motifs is 2. The van der Waals surface area contributed by atoms with Crippen molar-refractivity contribution in [3.8, 4) is 0 Å². The van der Waals surface area contributed by atoms with Crippen molar-refractivity contribution < 1.29 is 9.90 Å². The molecule has 0 radical (unpaired) electrons. The maximum atomic E-state index is 12.7. The second-order valence-electron chi connectivity index (χ2n) is 7.81. The van der Waals surface area contributed by atoms with Crippen LogP contribution in [-0.2, 0) is 18.3 Å². The fourth-order valence-electron chi connectivity index (χ4n) is 4.49. The molecule has 0 spiro atoms. The molecule has 1 N–H and O–H groups in total. The zero-order chi connectivity index (χ0) is 17.7. The molecule has 0 saturated heterocycles. The van der Waals surface area contributed by atoms with E-state index in [4.69, 9.17) is 0 Å². The summed E-state index contributed by atoms with van der Waals surface area (Å²) in [6, 6.07) is 6.83. The lowest BCUT2D eigenvalue weighted by Gasteiger charge is -2.39. The summed E-state index contributed by atoms with van der Waals surface area (Å²) in [4.78, 5) is 15.0. The second kappa shape index (κ2) is 6.11. The molecule has 3 unspecified atom stereocenters. The highest BCUT2D eigenvalue weighted by Gasteiger charge is 2.35. The van der Waals surface area contributed by atoms with E-state index >= 15 is 0 Å². The van der Waals surface area contributed by atoms with Crippen LogP contribution in [0, 0.1) is 11.8 Å². The molecule has 0 bridgehead atoms. The number of carbonyl (C=O) groups excluding carboxylic acids is 1. The van der Waals surface area contributed by atoms with E-state index in [0.29, 0.717) is 12.5 Å². The Bertz CT molecular complexity index is 864. The molecule has 132 valence electrons. The molecule has 2 aromatic rings. The number of likely N-dealkylation sites (N-methyl/N-ethyl adjacent to an activating group) is 1. The van der Waals surface area contributed by atoms with Crippen molar-refractivity contribution in [2.75, 3.05) is 20.2 Å². The lowest BCUT2D eigenvalue weighted by atomic mass is 9.78. The van der Waals surface area contributed by atoms with Crippen LogP contribution >= 0.6 is 0 Å². The fraction of sp³-hybridized carbons (Fsp3) is 0.476. The first-order chi connectivity index (χ1) is 12.0. The van der Waals surface area contributed by atoms with E-state index in [2.05, 4.69) is 54.0 Å². The quantitative estimate of drug-likeness (QED) is 0.932. The van der Waals surface area contributed by atoms with Crippen LogP contribution in [0.4, 0.5) is 0 Å². The molecule has 1 aromatic heterocycles. The number of rotatable bonds is 4. The third-order valence-corrected chi connectivity index (χ3v) is 5.85. The van der Waals surface area contributed by atoms with Crippen molar-refractivity contribution in [1.82, 2.24) is 9.47 Å². The van der Waals surface area contributed by atoms with Crippen LogP contribution in [0.3, 0.4) is 0 Å². The summed E-state index contributed by atoms with van der Waals surface area (Å²) in [6.45, 7) is 2.77. The Kier molecular flexibility index (Phi) is 4.05. The Hall–Kier alpha value is -1.91. The van der Waals surface area contributed by atoms with Crippen LogP contribution in [0.5, 0.6) is 0 Å². The maximum absolute atomic E-state index is 12.7. The first-order valence-electron chi connectivity index (χ1n) is 9.12. The van der Waals surface area contributed by atoms with Gasteiger partial charge < -0.3 is 9.67 Å². The van der Waals surface area contributed by atoms with Gasteiger partial charge in [0.15, 0.2) is 0 Å². The molecule has 1 aromatic carbocycles. The Morgan fingerprint density at radius 1 is 1.36 bits per heavy atom. The average molecular weight is 338 g/mol. The number of hydrogen-bond acceptors (Lipinski definition) is 3. The van der Waals surface area contributed by atoms with Gasteiger partial charge >= 0.3 is 0 Å². The number of Topliss-reactive ketones (excluding diaryl/α,β-unsaturated/α-hetero) is 1.